The molecule has 96 valence electrons. The van der Waals surface area contributed by atoms with E-state index in [0.717, 1.165) is 24.0 Å². The Balaban J connectivity index is 2.15. The van der Waals surface area contributed by atoms with E-state index < -0.39 is 0 Å². The summed E-state index contributed by atoms with van der Waals surface area (Å²) in [5.74, 6) is 0.345. The monoisotopic (exact) mass is 262 g/mol. The van der Waals surface area contributed by atoms with E-state index in [0.29, 0.717) is 16.5 Å². The van der Waals surface area contributed by atoms with Crippen molar-refractivity contribution in [1.82, 2.24) is 5.32 Å². The molecular formula is C14H18N2OS. The molecule has 1 aromatic rings. The van der Waals surface area contributed by atoms with Crippen LogP contribution < -0.4 is 11.1 Å². The van der Waals surface area contributed by atoms with E-state index in [9.17, 15) is 4.79 Å². The molecule has 3 N–H and O–H groups in total. The molecule has 0 spiro atoms. The Morgan fingerprint density at radius 3 is 2.67 bits per heavy atom. The van der Waals surface area contributed by atoms with Gasteiger partial charge in [-0.05, 0) is 44.2 Å². The molecule has 1 unspecified atom stereocenters. The average molecular weight is 262 g/mol. The highest BCUT2D eigenvalue weighted by molar-refractivity contribution is 7.80. The van der Waals surface area contributed by atoms with Crippen molar-refractivity contribution in [3.63, 3.8) is 0 Å². The lowest BCUT2D eigenvalue weighted by Crippen LogP contribution is -2.45. The summed E-state index contributed by atoms with van der Waals surface area (Å²) in [5.41, 5.74) is 8.44. The summed E-state index contributed by atoms with van der Waals surface area (Å²) >= 11 is 5.02. The van der Waals surface area contributed by atoms with Crippen LogP contribution in [0.1, 0.15) is 34.3 Å². The number of nitrogens with two attached hydrogens (primary N) is 1. The van der Waals surface area contributed by atoms with Gasteiger partial charge in [0.05, 0.1) is 11.0 Å². The lowest BCUT2D eigenvalue weighted by molar-refractivity contribution is 0.0943. The van der Waals surface area contributed by atoms with Gasteiger partial charge in [-0.3, -0.25) is 4.79 Å². The van der Waals surface area contributed by atoms with Gasteiger partial charge in [0.1, 0.15) is 0 Å². The second kappa shape index (κ2) is 5.06. The largest absolute Gasteiger partial charge is 0.392 e. The maximum absolute atomic E-state index is 12.2. The van der Waals surface area contributed by atoms with Gasteiger partial charge in [-0.2, -0.15) is 0 Å². The first-order chi connectivity index (χ1) is 8.49. The smallest absolute Gasteiger partial charge is 0.252 e. The van der Waals surface area contributed by atoms with Gasteiger partial charge in [0, 0.05) is 5.56 Å². The Labute approximate surface area is 113 Å². The summed E-state index contributed by atoms with van der Waals surface area (Å²) in [6.45, 7) is 3.91. The van der Waals surface area contributed by atoms with Gasteiger partial charge in [0.15, 0.2) is 0 Å². The zero-order valence-corrected chi connectivity index (χ0v) is 11.5. The number of thiocarbonyl (C=S) groups is 1. The highest BCUT2D eigenvalue weighted by Crippen LogP contribution is 2.33. The molecule has 2 rings (SSSR count). The number of nitrogens with one attached hydrogen (secondary N) is 1. The van der Waals surface area contributed by atoms with E-state index >= 15 is 0 Å². The van der Waals surface area contributed by atoms with Crippen molar-refractivity contribution in [3.05, 3.63) is 34.9 Å². The highest BCUT2D eigenvalue weighted by atomic mass is 32.1. The topological polar surface area (TPSA) is 55.1 Å². The summed E-state index contributed by atoms with van der Waals surface area (Å²) in [6.07, 6.45) is 2.18. The fourth-order valence-electron chi connectivity index (χ4n) is 2.05. The van der Waals surface area contributed by atoms with Gasteiger partial charge in [-0.15, -0.1) is 0 Å². The molecule has 1 saturated carbocycles. The van der Waals surface area contributed by atoms with E-state index in [4.69, 9.17) is 18.0 Å². The molecule has 0 heterocycles. The lowest BCUT2D eigenvalue weighted by Gasteiger charge is -2.17. The quantitative estimate of drug-likeness (QED) is 0.817. The van der Waals surface area contributed by atoms with Crippen LogP contribution in [0.3, 0.4) is 0 Å². The molecule has 3 nitrogen and oxygen atoms in total. The molecule has 1 aliphatic carbocycles. The maximum atomic E-state index is 12.2. The van der Waals surface area contributed by atoms with Crippen LogP contribution in [-0.4, -0.2) is 16.9 Å². The fraction of sp³-hybridized carbons (Fsp3) is 0.429. The first-order valence-corrected chi connectivity index (χ1v) is 6.57. The van der Waals surface area contributed by atoms with E-state index in [2.05, 4.69) is 5.32 Å². The first-order valence-electron chi connectivity index (χ1n) is 6.16. The minimum atomic E-state index is -0.160. The zero-order valence-electron chi connectivity index (χ0n) is 10.7. The molecule has 0 bridgehead atoms. The number of hydrogen-bond donors (Lipinski definition) is 2. The van der Waals surface area contributed by atoms with Crippen molar-refractivity contribution in [2.75, 3.05) is 0 Å². The molecule has 1 aromatic carbocycles. The minimum absolute atomic E-state index is 0.0825. The number of carbonyl (C=O) groups excluding carboxylic acids is 1. The Morgan fingerprint density at radius 2 is 2.11 bits per heavy atom. The third-order valence-corrected chi connectivity index (χ3v) is 3.58. The number of carbonyl (C=O) groups is 1. The van der Waals surface area contributed by atoms with Crippen molar-refractivity contribution in [2.45, 2.75) is 32.7 Å². The van der Waals surface area contributed by atoms with Crippen molar-refractivity contribution < 1.29 is 4.79 Å². The van der Waals surface area contributed by atoms with Crippen molar-refractivity contribution >= 4 is 23.1 Å². The van der Waals surface area contributed by atoms with Crippen molar-refractivity contribution in [1.29, 1.82) is 0 Å². The molecule has 0 saturated heterocycles. The van der Waals surface area contributed by atoms with Gasteiger partial charge >= 0.3 is 0 Å². The van der Waals surface area contributed by atoms with Crippen LogP contribution in [0.4, 0.5) is 0 Å². The maximum Gasteiger partial charge on any atom is 0.252 e. The van der Waals surface area contributed by atoms with Gasteiger partial charge in [0.25, 0.3) is 5.91 Å². The highest BCUT2D eigenvalue weighted by Gasteiger charge is 2.34. The number of rotatable bonds is 4. The van der Waals surface area contributed by atoms with Crippen LogP contribution in [0.25, 0.3) is 0 Å². The van der Waals surface area contributed by atoms with Gasteiger partial charge in [-0.25, -0.2) is 0 Å². The number of aryl methyl sites for hydroxylation is 2. The average Bonchev–Trinajstić information content (AvgIpc) is 3.12. The van der Waals surface area contributed by atoms with Gasteiger partial charge in [0.2, 0.25) is 0 Å². The molecule has 1 aliphatic rings. The van der Waals surface area contributed by atoms with Crippen LogP contribution in [0.2, 0.25) is 0 Å². The summed E-state index contributed by atoms with van der Waals surface area (Å²) in [6, 6.07) is 5.69. The predicted octanol–water partition coefficient (Wildman–Crippen LogP) is 2.10. The molecule has 0 aromatic heterocycles. The standard InChI is InChI=1S/C14H18N2OS/c1-8-3-4-9(2)11(7-8)14(17)16-12(13(15)18)10-5-6-10/h3-4,7,10,12H,5-6H2,1-2H3,(H2,15,18)(H,16,17). The van der Waals surface area contributed by atoms with E-state index in [1.165, 1.54) is 0 Å². The molecule has 18 heavy (non-hydrogen) atoms. The van der Waals surface area contributed by atoms with Crippen LogP contribution in [0, 0.1) is 19.8 Å². The molecule has 1 fully saturated rings. The SMILES string of the molecule is Cc1ccc(C)c(C(=O)NC(C(N)=S)C2CC2)c1. The predicted molar refractivity (Wildman–Crippen MR) is 76.7 cm³/mol. The van der Waals surface area contributed by atoms with Crippen LogP contribution in [0.5, 0.6) is 0 Å². The molecule has 1 amide bonds. The van der Waals surface area contributed by atoms with Crippen molar-refractivity contribution in [2.24, 2.45) is 11.7 Å². The Morgan fingerprint density at radius 1 is 1.44 bits per heavy atom. The number of benzene rings is 1. The lowest BCUT2D eigenvalue weighted by atomic mass is 10.0. The number of hydrogen-bond acceptors (Lipinski definition) is 2. The van der Waals surface area contributed by atoms with Crippen LogP contribution in [-0.2, 0) is 0 Å². The van der Waals surface area contributed by atoms with Gasteiger partial charge in [-0.1, -0.05) is 29.9 Å². The Kier molecular flexibility index (Phi) is 3.66. The minimum Gasteiger partial charge on any atom is -0.392 e. The molecule has 0 aliphatic heterocycles. The van der Waals surface area contributed by atoms with E-state index in [-0.39, 0.29) is 11.9 Å². The van der Waals surface area contributed by atoms with Crippen LogP contribution in [0.15, 0.2) is 18.2 Å². The Hall–Kier alpha value is -1.42. The zero-order chi connectivity index (χ0) is 13.3. The summed E-state index contributed by atoms with van der Waals surface area (Å²) in [7, 11) is 0. The van der Waals surface area contributed by atoms with E-state index in [1.807, 2.05) is 32.0 Å². The first kappa shape index (κ1) is 13.0. The second-order valence-electron chi connectivity index (χ2n) is 5.01. The molecular weight excluding hydrogens is 244 g/mol. The van der Waals surface area contributed by atoms with Crippen LogP contribution >= 0.6 is 12.2 Å². The Bertz CT molecular complexity index is 495. The van der Waals surface area contributed by atoms with Crippen molar-refractivity contribution in [3.8, 4) is 0 Å². The summed E-state index contributed by atoms with van der Waals surface area (Å²) in [5, 5.41) is 2.96. The summed E-state index contributed by atoms with van der Waals surface area (Å²) in [4.78, 5) is 12.6. The number of amides is 1. The molecule has 0 radical (unpaired) electrons. The second-order valence-corrected chi connectivity index (χ2v) is 5.48. The third-order valence-electron chi connectivity index (χ3n) is 3.32. The fourth-order valence-corrected chi connectivity index (χ4v) is 2.30. The van der Waals surface area contributed by atoms with E-state index in [1.54, 1.807) is 0 Å². The third kappa shape index (κ3) is 2.88. The summed E-state index contributed by atoms with van der Waals surface area (Å²) < 4.78 is 0. The normalized spacial score (nSPS) is 16.1. The van der Waals surface area contributed by atoms with Gasteiger partial charge < -0.3 is 11.1 Å². The molecule has 1 atom stereocenters. The molecule has 4 heteroatoms.